The van der Waals surface area contributed by atoms with Gasteiger partial charge in [0.1, 0.15) is 4.90 Å². The van der Waals surface area contributed by atoms with Crippen LogP contribution in [0.25, 0.3) is 0 Å². The fourth-order valence-electron chi connectivity index (χ4n) is 2.25. The van der Waals surface area contributed by atoms with Crippen LogP contribution in [-0.4, -0.2) is 31.7 Å². The first-order chi connectivity index (χ1) is 9.32. The molecular weight excluding hydrogens is 346 g/mol. The lowest BCUT2D eigenvalue weighted by Crippen LogP contribution is -2.41. The highest BCUT2D eigenvalue weighted by Crippen LogP contribution is 2.29. The Morgan fingerprint density at radius 1 is 1.30 bits per heavy atom. The van der Waals surface area contributed by atoms with Crippen molar-refractivity contribution in [1.29, 1.82) is 0 Å². The van der Waals surface area contributed by atoms with Crippen molar-refractivity contribution < 1.29 is 13.2 Å². The number of anilines is 1. The van der Waals surface area contributed by atoms with Gasteiger partial charge in [-0.15, -0.1) is 0 Å². The third-order valence-electron chi connectivity index (χ3n) is 3.45. The van der Waals surface area contributed by atoms with E-state index in [1.54, 1.807) is 12.1 Å². The van der Waals surface area contributed by atoms with E-state index >= 15 is 0 Å². The van der Waals surface area contributed by atoms with Crippen LogP contribution in [0, 0.1) is 5.92 Å². The number of piperidine rings is 1. The minimum Gasteiger partial charge on any atom is -0.398 e. The first-order valence-electron chi connectivity index (χ1n) is 6.17. The van der Waals surface area contributed by atoms with E-state index in [0.717, 1.165) is 0 Å². The molecule has 0 aliphatic carbocycles. The molecule has 1 aliphatic rings. The number of hydrogen-bond donors (Lipinski definition) is 2. The van der Waals surface area contributed by atoms with Gasteiger partial charge in [0.25, 0.3) is 0 Å². The molecular formula is C12H16BrN3O3S. The zero-order valence-corrected chi connectivity index (χ0v) is 13.2. The minimum absolute atomic E-state index is 0.0874. The van der Waals surface area contributed by atoms with Crippen LogP contribution in [0.4, 0.5) is 5.69 Å². The SMILES string of the molecule is NC(=O)C1CCN(S(=O)(=O)c2cc(Br)ccc2N)CC1. The molecule has 0 bridgehead atoms. The van der Waals surface area contributed by atoms with Crippen LogP contribution in [0.15, 0.2) is 27.6 Å². The van der Waals surface area contributed by atoms with Crippen molar-refractivity contribution in [1.82, 2.24) is 4.31 Å². The quantitative estimate of drug-likeness (QED) is 0.780. The predicted molar refractivity (Wildman–Crippen MR) is 79.2 cm³/mol. The number of benzene rings is 1. The smallest absolute Gasteiger partial charge is 0.245 e. The molecule has 110 valence electrons. The summed E-state index contributed by atoms with van der Waals surface area (Å²) in [5, 5.41) is 0. The molecule has 1 saturated heterocycles. The number of halogens is 1. The topological polar surface area (TPSA) is 106 Å². The number of nitrogens with zero attached hydrogens (tertiary/aromatic N) is 1. The Kier molecular flexibility index (Phi) is 4.36. The Hall–Kier alpha value is -1.12. The molecule has 0 unspecified atom stereocenters. The van der Waals surface area contributed by atoms with E-state index in [-0.39, 0.29) is 35.5 Å². The molecule has 1 aromatic carbocycles. The second-order valence-electron chi connectivity index (χ2n) is 4.76. The van der Waals surface area contributed by atoms with Gasteiger partial charge in [0, 0.05) is 23.5 Å². The standard InChI is InChI=1S/C12H16BrN3O3S/c13-9-1-2-10(14)11(7-9)20(18,19)16-5-3-8(4-6-16)12(15)17/h1-2,7-8H,3-6,14H2,(H2,15,17). The summed E-state index contributed by atoms with van der Waals surface area (Å²) in [6.07, 6.45) is 0.894. The highest BCUT2D eigenvalue weighted by atomic mass is 79.9. The van der Waals surface area contributed by atoms with Gasteiger partial charge in [0.05, 0.1) is 5.69 Å². The van der Waals surface area contributed by atoms with Gasteiger partial charge in [-0.2, -0.15) is 4.31 Å². The van der Waals surface area contributed by atoms with E-state index in [0.29, 0.717) is 17.3 Å². The van der Waals surface area contributed by atoms with E-state index in [4.69, 9.17) is 11.5 Å². The Labute approximate surface area is 126 Å². The van der Waals surface area contributed by atoms with Crippen LogP contribution in [0.3, 0.4) is 0 Å². The van der Waals surface area contributed by atoms with Crippen molar-refractivity contribution in [3.05, 3.63) is 22.7 Å². The number of amides is 1. The molecule has 0 spiro atoms. The number of nitrogens with two attached hydrogens (primary N) is 2. The second kappa shape index (κ2) is 5.71. The Balaban J connectivity index is 2.24. The van der Waals surface area contributed by atoms with E-state index in [2.05, 4.69) is 15.9 Å². The summed E-state index contributed by atoms with van der Waals surface area (Å²) in [5.41, 5.74) is 11.2. The van der Waals surface area contributed by atoms with Gasteiger partial charge in [-0.05, 0) is 31.0 Å². The molecule has 0 saturated carbocycles. The summed E-state index contributed by atoms with van der Waals surface area (Å²) >= 11 is 3.24. The van der Waals surface area contributed by atoms with Crippen LogP contribution in [0.2, 0.25) is 0 Å². The average molecular weight is 362 g/mol. The van der Waals surface area contributed by atoms with Gasteiger partial charge in [-0.25, -0.2) is 8.42 Å². The van der Waals surface area contributed by atoms with E-state index in [9.17, 15) is 13.2 Å². The molecule has 20 heavy (non-hydrogen) atoms. The number of rotatable bonds is 3. The van der Waals surface area contributed by atoms with Gasteiger partial charge in [-0.3, -0.25) is 4.79 Å². The maximum atomic E-state index is 12.5. The Morgan fingerprint density at radius 2 is 1.90 bits per heavy atom. The summed E-state index contributed by atoms with van der Waals surface area (Å²) in [4.78, 5) is 11.2. The van der Waals surface area contributed by atoms with Gasteiger partial charge < -0.3 is 11.5 Å². The Bertz CT molecular complexity index is 625. The van der Waals surface area contributed by atoms with Crippen molar-refractivity contribution in [2.45, 2.75) is 17.7 Å². The molecule has 2 rings (SSSR count). The molecule has 1 amide bonds. The normalized spacial score (nSPS) is 18.1. The molecule has 0 atom stereocenters. The van der Waals surface area contributed by atoms with Crippen LogP contribution < -0.4 is 11.5 Å². The molecule has 1 aliphatic heterocycles. The molecule has 1 aromatic rings. The minimum atomic E-state index is -3.64. The predicted octanol–water partition coefficient (Wildman–Crippen LogP) is 0.917. The molecule has 0 aromatic heterocycles. The van der Waals surface area contributed by atoms with Crippen LogP contribution in [0.1, 0.15) is 12.8 Å². The highest BCUT2D eigenvalue weighted by Gasteiger charge is 2.32. The summed E-state index contributed by atoms with van der Waals surface area (Å²) in [6, 6.07) is 4.73. The van der Waals surface area contributed by atoms with Crippen molar-refractivity contribution in [2.75, 3.05) is 18.8 Å². The fourth-order valence-corrected chi connectivity index (χ4v) is 4.38. The third-order valence-corrected chi connectivity index (χ3v) is 5.90. The van der Waals surface area contributed by atoms with Crippen molar-refractivity contribution in [3.8, 4) is 0 Å². The van der Waals surface area contributed by atoms with Crippen molar-refractivity contribution >= 4 is 37.5 Å². The van der Waals surface area contributed by atoms with Gasteiger partial charge in [0.15, 0.2) is 0 Å². The zero-order valence-electron chi connectivity index (χ0n) is 10.8. The van der Waals surface area contributed by atoms with Gasteiger partial charge >= 0.3 is 0 Å². The highest BCUT2D eigenvalue weighted by molar-refractivity contribution is 9.10. The summed E-state index contributed by atoms with van der Waals surface area (Å²) in [7, 11) is -3.64. The molecule has 6 nitrogen and oxygen atoms in total. The lowest BCUT2D eigenvalue weighted by atomic mass is 9.98. The molecule has 1 heterocycles. The molecule has 8 heteroatoms. The number of hydrogen-bond acceptors (Lipinski definition) is 4. The number of carbonyl (C=O) groups is 1. The van der Waals surface area contributed by atoms with E-state index in [1.165, 1.54) is 10.4 Å². The van der Waals surface area contributed by atoms with Crippen molar-refractivity contribution in [3.63, 3.8) is 0 Å². The number of primary amides is 1. The molecule has 1 fully saturated rings. The van der Waals surface area contributed by atoms with Crippen LogP contribution in [0.5, 0.6) is 0 Å². The number of nitrogen functional groups attached to an aromatic ring is 1. The first kappa shape index (κ1) is 15.3. The summed E-state index contributed by atoms with van der Waals surface area (Å²) in [5.74, 6) is -0.620. The average Bonchev–Trinajstić information content (AvgIpc) is 2.41. The maximum absolute atomic E-state index is 12.5. The maximum Gasteiger partial charge on any atom is 0.245 e. The third kappa shape index (κ3) is 2.97. The van der Waals surface area contributed by atoms with Crippen LogP contribution in [-0.2, 0) is 14.8 Å². The van der Waals surface area contributed by atoms with E-state index in [1.807, 2.05) is 0 Å². The lowest BCUT2D eigenvalue weighted by molar-refractivity contribution is -0.122. The number of carbonyl (C=O) groups excluding carboxylic acids is 1. The number of sulfonamides is 1. The van der Waals surface area contributed by atoms with E-state index < -0.39 is 10.0 Å². The summed E-state index contributed by atoms with van der Waals surface area (Å²) in [6.45, 7) is 0.559. The monoisotopic (exact) mass is 361 g/mol. The van der Waals surface area contributed by atoms with Gasteiger partial charge in [0.2, 0.25) is 15.9 Å². The zero-order chi connectivity index (χ0) is 14.9. The fraction of sp³-hybridized carbons (Fsp3) is 0.417. The Morgan fingerprint density at radius 3 is 2.45 bits per heavy atom. The summed E-state index contributed by atoms with van der Waals surface area (Å²) < 4.78 is 27.1. The molecule has 0 radical (unpaired) electrons. The second-order valence-corrected chi connectivity index (χ2v) is 7.58. The lowest BCUT2D eigenvalue weighted by Gasteiger charge is -2.30. The van der Waals surface area contributed by atoms with Crippen LogP contribution >= 0.6 is 15.9 Å². The van der Waals surface area contributed by atoms with Crippen molar-refractivity contribution in [2.24, 2.45) is 11.7 Å². The first-order valence-corrected chi connectivity index (χ1v) is 8.40. The van der Waals surface area contributed by atoms with Gasteiger partial charge in [-0.1, -0.05) is 15.9 Å². The largest absolute Gasteiger partial charge is 0.398 e. The molecule has 4 N–H and O–H groups in total.